The van der Waals surface area contributed by atoms with Crippen LogP contribution in [-0.4, -0.2) is 55.5 Å². The minimum Gasteiger partial charge on any atom is -0.370 e. The third kappa shape index (κ3) is 3.51. The number of amides is 1. The quantitative estimate of drug-likeness (QED) is 0.868. The maximum Gasteiger partial charge on any atom is 0.242 e. The van der Waals surface area contributed by atoms with Gasteiger partial charge in [0.05, 0.1) is 23.1 Å². The molecule has 27 heavy (non-hydrogen) atoms. The highest BCUT2D eigenvalue weighted by atomic mass is 32.2. The third-order valence-corrected chi connectivity index (χ3v) is 6.67. The van der Waals surface area contributed by atoms with Crippen molar-refractivity contribution in [1.29, 1.82) is 0 Å². The Balaban J connectivity index is 1.65. The first-order valence-corrected chi connectivity index (χ1v) is 11.2. The molecule has 0 saturated carbocycles. The van der Waals surface area contributed by atoms with Crippen molar-refractivity contribution in [1.82, 2.24) is 9.29 Å². The van der Waals surface area contributed by atoms with Gasteiger partial charge in [-0.1, -0.05) is 0 Å². The monoisotopic (exact) mass is 388 g/mol. The Morgan fingerprint density at radius 1 is 1.15 bits per heavy atom. The molecule has 4 rings (SSSR count). The summed E-state index contributed by atoms with van der Waals surface area (Å²) in [7, 11) is -3.40. The second kappa shape index (κ2) is 7.09. The predicted octanol–water partition coefficient (Wildman–Crippen LogP) is 2.20. The van der Waals surface area contributed by atoms with E-state index >= 15 is 0 Å². The van der Waals surface area contributed by atoms with Crippen LogP contribution in [0, 0.1) is 0 Å². The number of pyridine rings is 1. The first-order chi connectivity index (χ1) is 12.9. The van der Waals surface area contributed by atoms with Gasteiger partial charge in [0.15, 0.2) is 0 Å². The summed E-state index contributed by atoms with van der Waals surface area (Å²) < 4.78 is 25.2. The van der Waals surface area contributed by atoms with Crippen molar-refractivity contribution >= 4 is 38.2 Å². The summed E-state index contributed by atoms with van der Waals surface area (Å²) in [6.07, 6.45) is 6.51. The molecule has 3 heterocycles. The van der Waals surface area contributed by atoms with Crippen LogP contribution in [0.15, 0.2) is 30.5 Å². The van der Waals surface area contributed by atoms with Crippen LogP contribution in [0.1, 0.15) is 25.7 Å². The van der Waals surface area contributed by atoms with E-state index < -0.39 is 16.1 Å². The number of nitrogens with zero attached hydrogens (tertiary/aromatic N) is 3. The smallest absolute Gasteiger partial charge is 0.242 e. The molecule has 0 bridgehead atoms. The maximum atomic E-state index is 12.8. The van der Waals surface area contributed by atoms with Crippen molar-refractivity contribution in [3.8, 4) is 0 Å². The van der Waals surface area contributed by atoms with Crippen LogP contribution < -0.4 is 10.2 Å². The Morgan fingerprint density at radius 2 is 1.93 bits per heavy atom. The Labute approximate surface area is 159 Å². The van der Waals surface area contributed by atoms with E-state index in [1.807, 2.05) is 24.3 Å². The lowest BCUT2D eigenvalue weighted by Crippen LogP contribution is -2.42. The van der Waals surface area contributed by atoms with Crippen LogP contribution >= 0.6 is 0 Å². The molecular weight excluding hydrogens is 364 g/mol. The summed E-state index contributed by atoms with van der Waals surface area (Å²) in [4.78, 5) is 19.7. The number of sulfonamides is 1. The molecule has 2 aromatic rings. The van der Waals surface area contributed by atoms with E-state index in [1.54, 1.807) is 6.20 Å². The largest absolute Gasteiger partial charge is 0.370 e. The van der Waals surface area contributed by atoms with Gasteiger partial charge in [-0.3, -0.25) is 9.78 Å². The lowest BCUT2D eigenvalue weighted by molar-refractivity contribution is -0.119. The number of carbonyl (C=O) groups is 1. The number of aromatic nitrogens is 1. The number of rotatable bonds is 4. The van der Waals surface area contributed by atoms with E-state index in [0.717, 1.165) is 35.9 Å². The summed E-state index contributed by atoms with van der Waals surface area (Å²) >= 11 is 0. The first kappa shape index (κ1) is 18.2. The molecule has 8 heteroatoms. The van der Waals surface area contributed by atoms with Crippen LogP contribution in [0.3, 0.4) is 0 Å². The molecule has 1 atom stereocenters. The minimum absolute atomic E-state index is 0.281. The highest BCUT2D eigenvalue weighted by Crippen LogP contribution is 2.33. The topological polar surface area (TPSA) is 82.6 Å². The predicted molar refractivity (Wildman–Crippen MR) is 106 cm³/mol. The molecule has 2 aliphatic heterocycles. The standard InChI is InChI=1S/C19H24N4O3S/c1-27(25,26)23-13-5-7-17(23)19(24)21-15-8-9-16(22-11-2-3-12-22)18-14(15)6-4-10-20-18/h4,6,8-10,17H,2-3,5,7,11-13H2,1H3,(H,21,24)/t17-/m0/s1. The van der Waals surface area contributed by atoms with Crippen molar-refractivity contribution in [2.45, 2.75) is 31.7 Å². The zero-order valence-electron chi connectivity index (χ0n) is 15.4. The fourth-order valence-corrected chi connectivity index (χ4v) is 5.22. The normalized spacial score (nSPS) is 21.1. The number of hydrogen-bond acceptors (Lipinski definition) is 5. The molecule has 0 unspecified atom stereocenters. The minimum atomic E-state index is -3.40. The van der Waals surface area contributed by atoms with Crippen LogP contribution in [0.5, 0.6) is 0 Å². The van der Waals surface area contributed by atoms with Gasteiger partial charge >= 0.3 is 0 Å². The molecule has 0 aliphatic carbocycles. The maximum absolute atomic E-state index is 12.8. The molecule has 1 aromatic carbocycles. The lowest BCUT2D eigenvalue weighted by atomic mass is 10.1. The van der Waals surface area contributed by atoms with E-state index in [1.165, 1.54) is 17.1 Å². The second-order valence-corrected chi connectivity index (χ2v) is 9.18. The van der Waals surface area contributed by atoms with Gasteiger partial charge in [0, 0.05) is 31.2 Å². The molecule has 1 aromatic heterocycles. The Hall–Kier alpha value is -2.19. The molecule has 1 amide bonds. The zero-order chi connectivity index (χ0) is 19.0. The number of hydrogen-bond donors (Lipinski definition) is 1. The summed E-state index contributed by atoms with van der Waals surface area (Å²) in [6.45, 7) is 2.43. The van der Waals surface area contributed by atoms with E-state index in [4.69, 9.17) is 0 Å². The fourth-order valence-electron chi connectivity index (χ4n) is 4.10. The van der Waals surface area contributed by atoms with Crippen LogP contribution in [0.25, 0.3) is 10.9 Å². The van der Waals surface area contributed by atoms with E-state index in [2.05, 4.69) is 15.2 Å². The van der Waals surface area contributed by atoms with Crippen molar-refractivity contribution < 1.29 is 13.2 Å². The lowest BCUT2D eigenvalue weighted by Gasteiger charge is -2.23. The Kier molecular flexibility index (Phi) is 4.77. The molecule has 1 N–H and O–H groups in total. The van der Waals surface area contributed by atoms with E-state index in [-0.39, 0.29) is 5.91 Å². The van der Waals surface area contributed by atoms with Crippen molar-refractivity contribution in [2.75, 3.05) is 36.1 Å². The van der Waals surface area contributed by atoms with Crippen molar-refractivity contribution in [3.63, 3.8) is 0 Å². The van der Waals surface area contributed by atoms with Gasteiger partial charge in [-0.25, -0.2) is 8.42 Å². The van der Waals surface area contributed by atoms with E-state index in [9.17, 15) is 13.2 Å². The van der Waals surface area contributed by atoms with Gasteiger partial charge < -0.3 is 10.2 Å². The molecule has 2 aliphatic rings. The number of fused-ring (bicyclic) bond motifs is 1. The molecule has 2 fully saturated rings. The average molecular weight is 388 g/mol. The number of benzene rings is 1. The third-order valence-electron chi connectivity index (χ3n) is 5.39. The molecule has 7 nitrogen and oxygen atoms in total. The fraction of sp³-hybridized carbons (Fsp3) is 0.474. The molecular formula is C19H24N4O3S. The highest BCUT2D eigenvalue weighted by molar-refractivity contribution is 7.88. The highest BCUT2D eigenvalue weighted by Gasteiger charge is 2.36. The Bertz CT molecular complexity index is 970. The number of carbonyl (C=O) groups excluding carboxylic acids is 1. The van der Waals surface area contributed by atoms with Crippen molar-refractivity contribution in [3.05, 3.63) is 30.5 Å². The summed E-state index contributed by atoms with van der Waals surface area (Å²) in [6, 6.07) is 7.05. The molecule has 0 radical (unpaired) electrons. The van der Waals surface area contributed by atoms with Crippen LogP contribution in [0.4, 0.5) is 11.4 Å². The second-order valence-electron chi connectivity index (χ2n) is 7.25. The van der Waals surface area contributed by atoms with Gasteiger partial charge in [-0.05, 0) is 49.9 Å². The number of anilines is 2. The van der Waals surface area contributed by atoms with Gasteiger partial charge in [0.1, 0.15) is 6.04 Å². The van der Waals surface area contributed by atoms with Gasteiger partial charge in [-0.15, -0.1) is 0 Å². The average Bonchev–Trinajstić information content (AvgIpc) is 3.33. The van der Waals surface area contributed by atoms with Gasteiger partial charge in [-0.2, -0.15) is 4.31 Å². The SMILES string of the molecule is CS(=O)(=O)N1CCC[C@H]1C(=O)Nc1ccc(N2CCCC2)c2ncccc12. The van der Waals surface area contributed by atoms with Crippen LogP contribution in [0.2, 0.25) is 0 Å². The molecule has 144 valence electrons. The molecule has 0 spiro atoms. The first-order valence-electron chi connectivity index (χ1n) is 9.35. The summed E-state index contributed by atoms with van der Waals surface area (Å²) in [5, 5.41) is 3.82. The van der Waals surface area contributed by atoms with Crippen LogP contribution in [-0.2, 0) is 14.8 Å². The van der Waals surface area contributed by atoms with E-state index in [0.29, 0.717) is 25.1 Å². The van der Waals surface area contributed by atoms with Gasteiger partial charge in [0.25, 0.3) is 0 Å². The summed E-state index contributed by atoms with van der Waals surface area (Å²) in [5.41, 5.74) is 2.62. The Morgan fingerprint density at radius 3 is 2.67 bits per heavy atom. The summed E-state index contributed by atoms with van der Waals surface area (Å²) in [5.74, 6) is -0.281. The zero-order valence-corrected chi connectivity index (χ0v) is 16.2. The van der Waals surface area contributed by atoms with Gasteiger partial charge in [0.2, 0.25) is 15.9 Å². The number of nitrogens with one attached hydrogen (secondary N) is 1. The molecule has 2 saturated heterocycles. The van der Waals surface area contributed by atoms with Crippen molar-refractivity contribution in [2.24, 2.45) is 0 Å².